The maximum Gasteiger partial charge on any atom is 0.263 e. The molecular weight excluding hydrogens is 422 g/mol. The zero-order valence-corrected chi connectivity index (χ0v) is 17.9. The molecule has 0 aliphatic rings. The lowest BCUT2D eigenvalue weighted by atomic mass is 10.2. The van der Waals surface area contributed by atoms with Crippen LogP contribution in [-0.2, 0) is 14.8 Å². The number of carbonyl (C=O) groups is 1. The van der Waals surface area contributed by atoms with E-state index in [9.17, 15) is 13.2 Å². The average molecular weight is 444 g/mol. The van der Waals surface area contributed by atoms with Crippen molar-refractivity contribution in [1.29, 1.82) is 0 Å². The number of nitrogens with zero attached hydrogens (tertiary/aromatic N) is 1. The Hall–Kier alpha value is -3.17. The van der Waals surface area contributed by atoms with Crippen LogP contribution in [0.15, 0.2) is 71.1 Å². The number of carbonyl (C=O) groups excluding carboxylic acids is 1. The van der Waals surface area contributed by atoms with E-state index in [1.807, 2.05) is 31.2 Å². The van der Waals surface area contributed by atoms with Gasteiger partial charge in [-0.05, 0) is 42.8 Å². The van der Waals surface area contributed by atoms with Gasteiger partial charge in [0.15, 0.2) is 5.13 Å². The summed E-state index contributed by atoms with van der Waals surface area (Å²) in [6.07, 6.45) is 5.49. The van der Waals surface area contributed by atoms with Gasteiger partial charge in [0.25, 0.3) is 10.0 Å². The summed E-state index contributed by atoms with van der Waals surface area (Å²) in [5.74, 6) is 0.377. The van der Waals surface area contributed by atoms with Gasteiger partial charge in [0.1, 0.15) is 5.75 Å². The fourth-order valence-electron chi connectivity index (χ4n) is 2.48. The van der Waals surface area contributed by atoms with E-state index in [1.165, 1.54) is 47.9 Å². The fourth-order valence-corrected chi connectivity index (χ4v) is 4.26. The van der Waals surface area contributed by atoms with Gasteiger partial charge < -0.3 is 10.1 Å². The number of amides is 1. The van der Waals surface area contributed by atoms with E-state index in [0.29, 0.717) is 23.2 Å². The van der Waals surface area contributed by atoms with Gasteiger partial charge in [-0.25, -0.2) is 13.4 Å². The van der Waals surface area contributed by atoms with Crippen LogP contribution in [0.25, 0.3) is 6.08 Å². The molecule has 0 radical (unpaired) electrons. The number of benzene rings is 2. The SMILES string of the molecule is CCCOc1ccccc1/C=C/C(=O)Nc1ccc(S(=O)(=O)Nc2nccs2)cc1. The van der Waals surface area contributed by atoms with Crippen LogP contribution < -0.4 is 14.8 Å². The maximum absolute atomic E-state index is 12.3. The van der Waals surface area contributed by atoms with E-state index in [-0.39, 0.29) is 10.8 Å². The Morgan fingerprint density at radius 3 is 2.63 bits per heavy atom. The van der Waals surface area contributed by atoms with Crippen molar-refractivity contribution in [2.45, 2.75) is 18.2 Å². The molecule has 1 amide bonds. The van der Waals surface area contributed by atoms with Crippen molar-refractivity contribution in [3.63, 3.8) is 0 Å². The molecule has 0 aliphatic heterocycles. The predicted molar refractivity (Wildman–Crippen MR) is 119 cm³/mol. The highest BCUT2D eigenvalue weighted by Gasteiger charge is 2.15. The summed E-state index contributed by atoms with van der Waals surface area (Å²) in [6.45, 7) is 2.63. The Morgan fingerprint density at radius 2 is 1.93 bits per heavy atom. The van der Waals surface area contributed by atoms with Crippen molar-refractivity contribution >= 4 is 44.2 Å². The quantitative estimate of drug-likeness (QED) is 0.478. The number of rotatable bonds is 9. The van der Waals surface area contributed by atoms with Crippen LogP contribution in [0.5, 0.6) is 5.75 Å². The Labute approximate surface area is 179 Å². The highest BCUT2D eigenvalue weighted by molar-refractivity contribution is 7.93. The van der Waals surface area contributed by atoms with Crippen LogP contribution in [0.2, 0.25) is 0 Å². The van der Waals surface area contributed by atoms with Gasteiger partial charge in [-0.1, -0.05) is 25.1 Å². The molecule has 156 valence electrons. The molecule has 0 aliphatic carbocycles. The number of thiazole rings is 1. The molecule has 1 aromatic heterocycles. The van der Waals surface area contributed by atoms with E-state index in [4.69, 9.17) is 4.74 Å². The first kappa shape index (κ1) is 21.5. The van der Waals surface area contributed by atoms with E-state index >= 15 is 0 Å². The normalized spacial score (nSPS) is 11.4. The molecule has 0 bridgehead atoms. The van der Waals surface area contributed by atoms with Crippen molar-refractivity contribution in [3.05, 3.63) is 71.7 Å². The Kier molecular flexibility index (Phi) is 7.21. The maximum atomic E-state index is 12.3. The first-order chi connectivity index (χ1) is 14.5. The lowest BCUT2D eigenvalue weighted by molar-refractivity contribution is -0.111. The molecule has 7 nitrogen and oxygen atoms in total. The number of para-hydroxylation sites is 1. The standard InChI is InChI=1S/C21H21N3O4S2/c1-2-14-28-19-6-4-3-5-16(19)7-12-20(25)23-17-8-10-18(11-9-17)30(26,27)24-21-22-13-15-29-21/h3-13,15H,2,14H2,1H3,(H,22,24)(H,23,25)/b12-7+. The van der Waals surface area contributed by atoms with E-state index in [0.717, 1.165) is 12.0 Å². The van der Waals surface area contributed by atoms with Crippen molar-refractivity contribution in [3.8, 4) is 5.75 Å². The van der Waals surface area contributed by atoms with Gasteiger partial charge in [-0.15, -0.1) is 11.3 Å². The molecule has 0 atom stereocenters. The molecule has 1 heterocycles. The van der Waals surface area contributed by atoms with E-state index in [1.54, 1.807) is 11.5 Å². The van der Waals surface area contributed by atoms with Crippen LogP contribution >= 0.6 is 11.3 Å². The van der Waals surface area contributed by atoms with Crippen molar-refractivity contribution in [1.82, 2.24) is 4.98 Å². The molecule has 0 unspecified atom stereocenters. The van der Waals surface area contributed by atoms with Crippen molar-refractivity contribution in [2.75, 3.05) is 16.6 Å². The zero-order chi connectivity index (χ0) is 21.4. The molecule has 3 aromatic rings. The summed E-state index contributed by atoms with van der Waals surface area (Å²) in [6, 6.07) is 13.4. The molecule has 0 saturated carbocycles. The lowest BCUT2D eigenvalue weighted by Crippen LogP contribution is -2.13. The molecule has 0 fully saturated rings. The smallest absolute Gasteiger partial charge is 0.263 e. The monoisotopic (exact) mass is 443 g/mol. The highest BCUT2D eigenvalue weighted by Crippen LogP contribution is 2.21. The number of anilines is 2. The molecule has 2 aromatic carbocycles. The predicted octanol–water partition coefficient (Wildman–Crippen LogP) is 4.38. The van der Waals surface area contributed by atoms with E-state index in [2.05, 4.69) is 15.0 Å². The summed E-state index contributed by atoms with van der Waals surface area (Å²) in [5, 5.41) is 4.68. The van der Waals surface area contributed by atoms with Crippen LogP contribution in [0, 0.1) is 0 Å². The minimum atomic E-state index is -3.73. The highest BCUT2D eigenvalue weighted by atomic mass is 32.2. The summed E-state index contributed by atoms with van der Waals surface area (Å²) < 4.78 is 32.8. The first-order valence-corrected chi connectivity index (χ1v) is 11.6. The van der Waals surface area contributed by atoms with Gasteiger partial charge >= 0.3 is 0 Å². The van der Waals surface area contributed by atoms with Crippen molar-refractivity contribution < 1.29 is 17.9 Å². The minimum absolute atomic E-state index is 0.0771. The second-order valence-corrected chi connectivity index (χ2v) is 8.75. The lowest BCUT2D eigenvalue weighted by Gasteiger charge is -2.08. The third kappa shape index (κ3) is 5.91. The second kappa shape index (κ2) is 10.0. The van der Waals surface area contributed by atoms with Crippen LogP contribution in [0.3, 0.4) is 0 Å². The number of ether oxygens (including phenoxy) is 1. The van der Waals surface area contributed by atoms with Gasteiger partial charge in [-0.2, -0.15) is 0 Å². The number of hydrogen-bond acceptors (Lipinski definition) is 6. The topological polar surface area (TPSA) is 97.4 Å². The average Bonchev–Trinajstić information content (AvgIpc) is 3.24. The molecule has 30 heavy (non-hydrogen) atoms. The molecule has 3 rings (SSSR count). The van der Waals surface area contributed by atoms with Gasteiger partial charge in [0.2, 0.25) is 5.91 Å². The number of sulfonamides is 1. The first-order valence-electron chi connectivity index (χ1n) is 9.21. The van der Waals surface area contributed by atoms with Gasteiger partial charge in [0, 0.05) is 28.9 Å². The molecule has 0 spiro atoms. The Bertz CT molecular complexity index is 1110. The minimum Gasteiger partial charge on any atom is -0.493 e. The zero-order valence-electron chi connectivity index (χ0n) is 16.2. The number of nitrogens with one attached hydrogen (secondary N) is 2. The second-order valence-electron chi connectivity index (χ2n) is 6.18. The number of hydrogen-bond donors (Lipinski definition) is 2. The summed E-state index contributed by atoms with van der Waals surface area (Å²) in [5.41, 5.74) is 1.28. The summed E-state index contributed by atoms with van der Waals surface area (Å²) in [7, 11) is -3.73. The van der Waals surface area contributed by atoms with Crippen LogP contribution in [0.1, 0.15) is 18.9 Å². The molecule has 0 saturated heterocycles. The third-order valence-corrected chi connectivity index (χ3v) is 6.05. The summed E-state index contributed by atoms with van der Waals surface area (Å²) >= 11 is 1.19. The Balaban J connectivity index is 1.63. The van der Waals surface area contributed by atoms with Crippen LogP contribution in [0.4, 0.5) is 10.8 Å². The molecule has 9 heteroatoms. The van der Waals surface area contributed by atoms with Gasteiger partial charge in [-0.3, -0.25) is 9.52 Å². The van der Waals surface area contributed by atoms with Gasteiger partial charge in [0.05, 0.1) is 11.5 Å². The molecular formula is C21H21N3O4S2. The summed E-state index contributed by atoms with van der Waals surface area (Å²) in [4.78, 5) is 16.2. The fraction of sp³-hybridized carbons (Fsp3) is 0.143. The largest absolute Gasteiger partial charge is 0.493 e. The van der Waals surface area contributed by atoms with Crippen LogP contribution in [-0.4, -0.2) is 25.9 Å². The third-order valence-electron chi connectivity index (χ3n) is 3.88. The van der Waals surface area contributed by atoms with E-state index < -0.39 is 10.0 Å². The van der Waals surface area contributed by atoms with Crippen molar-refractivity contribution in [2.24, 2.45) is 0 Å². The number of aromatic nitrogens is 1. The molecule has 2 N–H and O–H groups in total. The Morgan fingerprint density at radius 1 is 1.17 bits per heavy atom.